The smallest absolute Gasteiger partial charge is 0.124 e. The van der Waals surface area contributed by atoms with Crippen LogP contribution < -0.4 is 0 Å². The summed E-state index contributed by atoms with van der Waals surface area (Å²) in [5.74, 6) is -0.322. The Morgan fingerprint density at radius 1 is 1.35 bits per heavy atom. The molecule has 2 N–H and O–H groups in total. The third kappa shape index (κ3) is 3.50. The van der Waals surface area contributed by atoms with Crippen LogP contribution in [-0.2, 0) is 0 Å². The van der Waals surface area contributed by atoms with Crippen molar-refractivity contribution in [2.45, 2.75) is 26.2 Å². The van der Waals surface area contributed by atoms with Crippen LogP contribution in [0.25, 0.3) is 0 Å². The average Bonchev–Trinajstić information content (AvgIpc) is 2.27. The lowest BCUT2D eigenvalue weighted by molar-refractivity contribution is 0.115. The molecule has 1 rings (SSSR count). The van der Waals surface area contributed by atoms with Gasteiger partial charge in [0, 0.05) is 17.7 Å². The Kier molecular flexibility index (Phi) is 5.10. The average molecular weight is 305 g/mol. The molecule has 0 radical (unpaired) electrons. The highest BCUT2D eigenvalue weighted by atomic mass is 79.9. The quantitative estimate of drug-likeness (QED) is 0.877. The standard InChI is InChI=1S/C13H18BrFO2/c1-13(2,8-17)11(5-6-16)10-4-3-9(15)7-12(10)14/h3-4,7,11,16-17H,5-6,8H2,1-2H3. The Balaban J connectivity index is 3.14. The summed E-state index contributed by atoms with van der Waals surface area (Å²) < 4.78 is 13.7. The van der Waals surface area contributed by atoms with E-state index in [1.54, 1.807) is 6.07 Å². The van der Waals surface area contributed by atoms with Gasteiger partial charge in [0.15, 0.2) is 0 Å². The summed E-state index contributed by atoms with van der Waals surface area (Å²) in [5.41, 5.74) is 0.558. The summed E-state index contributed by atoms with van der Waals surface area (Å²) in [5, 5.41) is 18.6. The molecule has 0 spiro atoms. The fraction of sp³-hybridized carbons (Fsp3) is 0.538. The van der Waals surface area contributed by atoms with Gasteiger partial charge in [0.1, 0.15) is 5.82 Å². The van der Waals surface area contributed by atoms with Gasteiger partial charge < -0.3 is 10.2 Å². The van der Waals surface area contributed by atoms with Gasteiger partial charge in [-0.1, -0.05) is 35.8 Å². The molecule has 96 valence electrons. The van der Waals surface area contributed by atoms with E-state index < -0.39 is 0 Å². The molecule has 0 amide bonds. The molecule has 0 aromatic heterocycles. The van der Waals surface area contributed by atoms with Crippen LogP contribution in [0.5, 0.6) is 0 Å². The zero-order valence-corrected chi connectivity index (χ0v) is 11.7. The molecule has 1 aromatic rings. The van der Waals surface area contributed by atoms with Gasteiger partial charge in [-0.3, -0.25) is 0 Å². The van der Waals surface area contributed by atoms with Crippen molar-refractivity contribution >= 4 is 15.9 Å². The fourth-order valence-electron chi connectivity index (χ4n) is 1.99. The van der Waals surface area contributed by atoms with E-state index in [-0.39, 0.29) is 30.4 Å². The Hall–Kier alpha value is -0.450. The summed E-state index contributed by atoms with van der Waals surface area (Å²) >= 11 is 3.34. The molecule has 0 aliphatic carbocycles. The molecular weight excluding hydrogens is 287 g/mol. The van der Waals surface area contributed by atoms with Crippen molar-refractivity contribution in [2.24, 2.45) is 5.41 Å². The molecule has 0 saturated heterocycles. The van der Waals surface area contributed by atoms with E-state index in [2.05, 4.69) is 15.9 Å². The molecule has 1 aromatic carbocycles. The second-order valence-electron chi connectivity index (χ2n) is 4.88. The fourth-order valence-corrected chi connectivity index (χ4v) is 2.62. The first-order valence-corrected chi connectivity index (χ1v) is 6.38. The number of hydrogen-bond donors (Lipinski definition) is 2. The van der Waals surface area contributed by atoms with Crippen LogP contribution in [0.4, 0.5) is 4.39 Å². The number of benzene rings is 1. The molecule has 0 bridgehead atoms. The third-order valence-electron chi connectivity index (χ3n) is 3.11. The van der Waals surface area contributed by atoms with Crippen molar-refractivity contribution in [3.05, 3.63) is 34.1 Å². The van der Waals surface area contributed by atoms with E-state index in [0.29, 0.717) is 10.9 Å². The highest BCUT2D eigenvalue weighted by molar-refractivity contribution is 9.10. The molecule has 1 unspecified atom stereocenters. The van der Waals surface area contributed by atoms with Crippen LogP contribution >= 0.6 is 15.9 Å². The van der Waals surface area contributed by atoms with Crippen molar-refractivity contribution in [2.75, 3.05) is 13.2 Å². The van der Waals surface area contributed by atoms with Crippen molar-refractivity contribution in [1.82, 2.24) is 0 Å². The van der Waals surface area contributed by atoms with Crippen LogP contribution in [0, 0.1) is 11.2 Å². The minimum absolute atomic E-state index is 0.0154. The van der Waals surface area contributed by atoms with Gasteiger partial charge >= 0.3 is 0 Å². The molecule has 0 aliphatic rings. The number of aliphatic hydroxyl groups excluding tert-OH is 2. The number of halogens is 2. The molecule has 2 nitrogen and oxygen atoms in total. The Morgan fingerprint density at radius 2 is 2.00 bits per heavy atom. The van der Waals surface area contributed by atoms with E-state index in [9.17, 15) is 9.50 Å². The van der Waals surface area contributed by atoms with E-state index in [1.165, 1.54) is 12.1 Å². The third-order valence-corrected chi connectivity index (χ3v) is 3.79. The van der Waals surface area contributed by atoms with Gasteiger partial charge in [0.2, 0.25) is 0 Å². The second kappa shape index (κ2) is 5.94. The largest absolute Gasteiger partial charge is 0.396 e. The predicted molar refractivity (Wildman–Crippen MR) is 69.4 cm³/mol. The maximum Gasteiger partial charge on any atom is 0.124 e. The Labute approximate surface area is 110 Å². The van der Waals surface area contributed by atoms with Gasteiger partial charge in [0.05, 0.1) is 0 Å². The van der Waals surface area contributed by atoms with Gasteiger partial charge in [-0.2, -0.15) is 0 Å². The molecule has 4 heteroatoms. The maximum atomic E-state index is 13.0. The molecule has 1 atom stereocenters. The van der Waals surface area contributed by atoms with Gasteiger partial charge in [-0.25, -0.2) is 4.39 Å². The topological polar surface area (TPSA) is 40.5 Å². The summed E-state index contributed by atoms with van der Waals surface area (Å²) in [6, 6.07) is 4.52. The predicted octanol–water partition coefficient (Wildman–Crippen LogP) is 3.07. The molecule has 17 heavy (non-hydrogen) atoms. The van der Waals surface area contributed by atoms with Crippen LogP contribution in [0.2, 0.25) is 0 Å². The second-order valence-corrected chi connectivity index (χ2v) is 5.73. The summed E-state index contributed by atoms with van der Waals surface area (Å²) in [6.07, 6.45) is 0.539. The lowest BCUT2D eigenvalue weighted by atomic mass is 9.74. The molecular formula is C13H18BrFO2. The van der Waals surface area contributed by atoms with E-state index in [0.717, 1.165) is 5.56 Å². The van der Waals surface area contributed by atoms with Crippen molar-refractivity contribution in [3.8, 4) is 0 Å². The first kappa shape index (κ1) is 14.6. The van der Waals surface area contributed by atoms with E-state index in [4.69, 9.17) is 5.11 Å². The van der Waals surface area contributed by atoms with Gasteiger partial charge in [-0.15, -0.1) is 0 Å². The first-order valence-electron chi connectivity index (χ1n) is 5.59. The summed E-state index contributed by atoms with van der Waals surface area (Å²) in [4.78, 5) is 0. The lowest BCUT2D eigenvalue weighted by Crippen LogP contribution is -2.27. The highest BCUT2D eigenvalue weighted by Gasteiger charge is 2.31. The number of hydrogen-bond acceptors (Lipinski definition) is 2. The summed E-state index contributed by atoms with van der Waals surface area (Å²) in [6.45, 7) is 3.92. The molecule has 0 fully saturated rings. The summed E-state index contributed by atoms with van der Waals surface area (Å²) in [7, 11) is 0. The van der Waals surface area contributed by atoms with Crippen LogP contribution in [0.15, 0.2) is 22.7 Å². The number of rotatable bonds is 5. The van der Waals surface area contributed by atoms with E-state index in [1.807, 2.05) is 13.8 Å². The normalized spacial score (nSPS) is 13.8. The van der Waals surface area contributed by atoms with E-state index >= 15 is 0 Å². The van der Waals surface area contributed by atoms with Crippen LogP contribution in [0.1, 0.15) is 31.7 Å². The maximum absolute atomic E-state index is 13.0. The Bertz CT molecular complexity index is 380. The molecule has 0 heterocycles. The zero-order chi connectivity index (χ0) is 13.1. The van der Waals surface area contributed by atoms with Crippen LogP contribution in [0.3, 0.4) is 0 Å². The minimum Gasteiger partial charge on any atom is -0.396 e. The molecule has 0 aliphatic heterocycles. The Morgan fingerprint density at radius 3 is 2.47 bits per heavy atom. The number of aliphatic hydroxyl groups is 2. The van der Waals surface area contributed by atoms with Crippen molar-refractivity contribution < 1.29 is 14.6 Å². The highest BCUT2D eigenvalue weighted by Crippen LogP contribution is 2.40. The minimum atomic E-state index is -0.358. The first-order chi connectivity index (χ1) is 7.92. The SMILES string of the molecule is CC(C)(CO)C(CCO)c1ccc(F)cc1Br. The zero-order valence-electron chi connectivity index (χ0n) is 10.1. The van der Waals surface area contributed by atoms with Crippen molar-refractivity contribution in [3.63, 3.8) is 0 Å². The van der Waals surface area contributed by atoms with Gasteiger partial charge in [0.25, 0.3) is 0 Å². The van der Waals surface area contributed by atoms with Crippen LogP contribution in [-0.4, -0.2) is 23.4 Å². The molecule has 0 saturated carbocycles. The lowest BCUT2D eigenvalue weighted by Gasteiger charge is -2.33. The van der Waals surface area contributed by atoms with Gasteiger partial charge in [-0.05, 0) is 35.4 Å². The van der Waals surface area contributed by atoms with Crippen molar-refractivity contribution in [1.29, 1.82) is 0 Å². The monoisotopic (exact) mass is 304 g/mol.